The minimum absolute atomic E-state index is 0. The minimum atomic E-state index is -0.258. The second kappa shape index (κ2) is 4.17. The monoisotopic (exact) mass is 250 g/mol. The maximum Gasteiger partial charge on any atom is 0.258 e. The molecule has 0 aliphatic rings. The fraction of sp³-hybridized carbons (Fsp3) is 0. The quantitative estimate of drug-likeness (QED) is 0.732. The van der Waals surface area contributed by atoms with Gasteiger partial charge in [0.1, 0.15) is 10.3 Å². The molecule has 2 aromatic heterocycles. The standard InChI is InChI=1S/C8H4Cl2N2O.ClH/c9-5-3-4-1-2-11-8(13)6(4)7(10)12-5;/h1-3H,(H,11,13);1H. The van der Waals surface area contributed by atoms with Crippen molar-refractivity contribution in [2.75, 3.05) is 0 Å². The molecule has 2 rings (SSSR count). The van der Waals surface area contributed by atoms with Crippen LogP contribution < -0.4 is 5.56 Å². The highest BCUT2D eigenvalue weighted by molar-refractivity contribution is 6.36. The summed E-state index contributed by atoms with van der Waals surface area (Å²) in [6.07, 6.45) is 1.54. The van der Waals surface area contributed by atoms with Crippen LogP contribution in [0.3, 0.4) is 0 Å². The van der Waals surface area contributed by atoms with Gasteiger partial charge in [0.05, 0.1) is 5.39 Å². The van der Waals surface area contributed by atoms with Crippen LogP contribution in [0.4, 0.5) is 0 Å². The number of fused-ring (bicyclic) bond motifs is 1. The SMILES string of the molecule is Cl.O=c1[nH]ccc2cc(Cl)nc(Cl)c12. The van der Waals surface area contributed by atoms with E-state index in [2.05, 4.69) is 9.97 Å². The van der Waals surface area contributed by atoms with Crippen LogP contribution in [0.1, 0.15) is 0 Å². The van der Waals surface area contributed by atoms with E-state index in [-0.39, 0.29) is 28.3 Å². The number of halogens is 3. The van der Waals surface area contributed by atoms with Crippen molar-refractivity contribution in [3.8, 4) is 0 Å². The normalized spacial score (nSPS) is 9.86. The van der Waals surface area contributed by atoms with Gasteiger partial charge in [0.2, 0.25) is 0 Å². The molecule has 0 saturated heterocycles. The summed E-state index contributed by atoms with van der Waals surface area (Å²) in [7, 11) is 0. The third kappa shape index (κ3) is 1.85. The van der Waals surface area contributed by atoms with Gasteiger partial charge in [-0.15, -0.1) is 12.4 Å². The van der Waals surface area contributed by atoms with Crippen LogP contribution in [0.2, 0.25) is 10.3 Å². The molecule has 0 aliphatic heterocycles. The van der Waals surface area contributed by atoms with E-state index >= 15 is 0 Å². The molecular weight excluding hydrogens is 246 g/mol. The first-order chi connectivity index (χ1) is 6.18. The fourth-order valence-electron chi connectivity index (χ4n) is 1.14. The molecule has 0 bridgehead atoms. The zero-order valence-corrected chi connectivity index (χ0v) is 9.08. The number of hydrogen-bond donors (Lipinski definition) is 1. The summed E-state index contributed by atoms with van der Waals surface area (Å²) in [6, 6.07) is 3.31. The molecule has 0 radical (unpaired) electrons. The Bertz CT molecular complexity index is 523. The lowest BCUT2D eigenvalue weighted by Gasteiger charge is -1.98. The van der Waals surface area contributed by atoms with Crippen molar-refractivity contribution in [1.82, 2.24) is 9.97 Å². The van der Waals surface area contributed by atoms with Crippen LogP contribution in [-0.2, 0) is 0 Å². The molecule has 0 unspecified atom stereocenters. The Kier molecular flexibility index (Phi) is 3.37. The van der Waals surface area contributed by atoms with Gasteiger partial charge in [0, 0.05) is 6.20 Å². The molecule has 2 heterocycles. The van der Waals surface area contributed by atoms with Gasteiger partial charge in [-0.3, -0.25) is 4.79 Å². The largest absolute Gasteiger partial charge is 0.328 e. The zero-order chi connectivity index (χ0) is 9.42. The maximum absolute atomic E-state index is 11.3. The molecule has 14 heavy (non-hydrogen) atoms. The topological polar surface area (TPSA) is 45.8 Å². The molecule has 6 heteroatoms. The molecule has 0 atom stereocenters. The fourth-order valence-corrected chi connectivity index (χ4v) is 1.67. The Morgan fingerprint density at radius 1 is 1.36 bits per heavy atom. The summed E-state index contributed by atoms with van der Waals surface area (Å²) in [4.78, 5) is 17.6. The number of rotatable bonds is 0. The second-order valence-corrected chi connectivity index (χ2v) is 3.25. The third-order valence-electron chi connectivity index (χ3n) is 1.68. The Labute approximate surface area is 95.5 Å². The number of nitrogens with zero attached hydrogens (tertiary/aromatic N) is 1. The van der Waals surface area contributed by atoms with Gasteiger partial charge in [0.25, 0.3) is 5.56 Å². The average Bonchev–Trinajstić information content (AvgIpc) is 2.02. The third-order valence-corrected chi connectivity index (χ3v) is 2.15. The first kappa shape index (κ1) is 11.3. The number of aromatic nitrogens is 2. The van der Waals surface area contributed by atoms with Crippen LogP contribution in [0.25, 0.3) is 10.8 Å². The van der Waals surface area contributed by atoms with Crippen molar-refractivity contribution in [1.29, 1.82) is 0 Å². The number of nitrogens with one attached hydrogen (secondary N) is 1. The smallest absolute Gasteiger partial charge is 0.258 e. The maximum atomic E-state index is 11.3. The van der Waals surface area contributed by atoms with E-state index in [1.165, 1.54) is 6.20 Å². The lowest BCUT2D eigenvalue weighted by atomic mass is 10.2. The molecule has 0 saturated carbocycles. The van der Waals surface area contributed by atoms with Crippen molar-refractivity contribution < 1.29 is 0 Å². The first-order valence-corrected chi connectivity index (χ1v) is 4.27. The molecule has 3 nitrogen and oxygen atoms in total. The molecule has 74 valence electrons. The summed E-state index contributed by atoms with van der Waals surface area (Å²) in [5, 5.41) is 1.47. The van der Waals surface area contributed by atoms with Gasteiger partial charge < -0.3 is 4.98 Å². The van der Waals surface area contributed by atoms with Crippen LogP contribution in [-0.4, -0.2) is 9.97 Å². The van der Waals surface area contributed by atoms with Crippen LogP contribution in [0, 0.1) is 0 Å². The summed E-state index contributed by atoms with van der Waals surface area (Å²) in [5.74, 6) is 0. The van der Waals surface area contributed by atoms with Gasteiger partial charge >= 0.3 is 0 Å². The Morgan fingerprint density at radius 2 is 2.07 bits per heavy atom. The molecule has 0 amide bonds. The second-order valence-electron chi connectivity index (χ2n) is 2.51. The van der Waals surface area contributed by atoms with E-state index < -0.39 is 0 Å². The zero-order valence-electron chi connectivity index (χ0n) is 6.75. The van der Waals surface area contributed by atoms with Crippen LogP contribution in [0.5, 0.6) is 0 Å². The molecule has 2 aromatic rings. The minimum Gasteiger partial charge on any atom is -0.328 e. The van der Waals surface area contributed by atoms with E-state index in [4.69, 9.17) is 23.2 Å². The van der Waals surface area contributed by atoms with Gasteiger partial charge in [-0.2, -0.15) is 0 Å². The van der Waals surface area contributed by atoms with Crippen molar-refractivity contribution in [3.63, 3.8) is 0 Å². The molecule has 0 fully saturated rings. The predicted molar refractivity (Wildman–Crippen MR) is 59.6 cm³/mol. The van der Waals surface area contributed by atoms with Crippen molar-refractivity contribution in [2.24, 2.45) is 0 Å². The summed E-state index contributed by atoms with van der Waals surface area (Å²) >= 11 is 11.4. The average molecular weight is 252 g/mol. The molecule has 0 aliphatic carbocycles. The Morgan fingerprint density at radius 3 is 2.79 bits per heavy atom. The summed E-state index contributed by atoms with van der Waals surface area (Å²) in [5.41, 5.74) is -0.258. The van der Waals surface area contributed by atoms with E-state index in [1.807, 2.05) is 0 Å². The summed E-state index contributed by atoms with van der Waals surface area (Å²) in [6.45, 7) is 0. The lowest BCUT2D eigenvalue weighted by Crippen LogP contribution is -2.05. The van der Waals surface area contributed by atoms with Crippen molar-refractivity contribution in [2.45, 2.75) is 0 Å². The van der Waals surface area contributed by atoms with Crippen molar-refractivity contribution >= 4 is 46.4 Å². The number of aromatic amines is 1. The number of pyridine rings is 2. The van der Waals surface area contributed by atoms with Gasteiger partial charge in [-0.05, 0) is 17.5 Å². The van der Waals surface area contributed by atoms with Crippen LogP contribution >= 0.6 is 35.6 Å². The highest BCUT2D eigenvalue weighted by Crippen LogP contribution is 2.20. The van der Waals surface area contributed by atoms with Crippen LogP contribution in [0.15, 0.2) is 23.1 Å². The van der Waals surface area contributed by atoms with Crippen molar-refractivity contribution in [3.05, 3.63) is 39.0 Å². The molecule has 0 aromatic carbocycles. The van der Waals surface area contributed by atoms with Gasteiger partial charge in [0.15, 0.2) is 0 Å². The van der Waals surface area contributed by atoms with E-state index in [0.717, 1.165) is 0 Å². The predicted octanol–water partition coefficient (Wildman–Crippen LogP) is 2.65. The van der Waals surface area contributed by atoms with E-state index in [9.17, 15) is 4.79 Å². The van der Waals surface area contributed by atoms with E-state index in [1.54, 1.807) is 12.1 Å². The molecule has 1 N–H and O–H groups in total. The summed E-state index contributed by atoms with van der Waals surface area (Å²) < 4.78 is 0. The highest BCUT2D eigenvalue weighted by atomic mass is 35.5. The molecule has 0 spiro atoms. The Balaban J connectivity index is 0.000000980. The number of H-pyrrole nitrogens is 1. The Hall–Kier alpha value is -0.770. The van der Waals surface area contributed by atoms with Gasteiger partial charge in [-0.1, -0.05) is 23.2 Å². The van der Waals surface area contributed by atoms with E-state index in [0.29, 0.717) is 10.8 Å². The first-order valence-electron chi connectivity index (χ1n) is 3.52. The molecular formula is C8H5Cl3N2O. The lowest BCUT2D eigenvalue weighted by molar-refractivity contribution is 1.26. The van der Waals surface area contributed by atoms with Gasteiger partial charge in [-0.25, -0.2) is 4.98 Å². The number of hydrogen-bond acceptors (Lipinski definition) is 2. The highest BCUT2D eigenvalue weighted by Gasteiger charge is 2.05.